The summed E-state index contributed by atoms with van der Waals surface area (Å²) in [6.07, 6.45) is 6.25. The molecule has 0 saturated heterocycles. The summed E-state index contributed by atoms with van der Waals surface area (Å²) >= 11 is 0. The third-order valence-electron chi connectivity index (χ3n) is 4.46. The Bertz CT molecular complexity index is 804. The van der Waals surface area contributed by atoms with E-state index >= 15 is 0 Å². The van der Waals surface area contributed by atoms with Crippen LogP contribution in [-0.4, -0.2) is 30.7 Å². The number of pyridine rings is 2. The number of hydrogen-bond donors (Lipinski definition) is 1. The van der Waals surface area contributed by atoms with E-state index in [1.807, 2.05) is 18.2 Å². The van der Waals surface area contributed by atoms with Gasteiger partial charge in [-0.25, -0.2) is 18.1 Å². The number of nitrogens with zero attached hydrogens (tertiary/aromatic N) is 2. The van der Waals surface area contributed by atoms with Gasteiger partial charge in [-0.05, 0) is 25.0 Å². The normalized spacial score (nSPS) is 15.9. The molecule has 0 amide bonds. The fourth-order valence-electron chi connectivity index (χ4n) is 3.08. The first-order valence-corrected chi connectivity index (χ1v) is 10.1. The van der Waals surface area contributed by atoms with Gasteiger partial charge >= 0.3 is 0 Å². The molecule has 1 saturated carbocycles. The minimum Gasteiger partial charge on any atom is -0.497 e. The maximum absolute atomic E-state index is 12.5. The molecule has 0 unspecified atom stereocenters. The van der Waals surface area contributed by atoms with Crippen LogP contribution in [0.2, 0.25) is 0 Å². The number of rotatable bonds is 6. The Balaban J connectivity index is 1.78. The quantitative estimate of drug-likeness (QED) is 0.855. The summed E-state index contributed by atoms with van der Waals surface area (Å²) in [7, 11) is -1.75. The first-order chi connectivity index (χ1) is 12.1. The minimum absolute atomic E-state index is 0.149. The molecule has 1 N–H and O–H groups in total. The maximum Gasteiger partial charge on any atom is 0.214 e. The molecule has 2 aromatic rings. The van der Waals surface area contributed by atoms with E-state index in [-0.39, 0.29) is 11.8 Å². The molecule has 6 nitrogen and oxygen atoms in total. The largest absolute Gasteiger partial charge is 0.497 e. The predicted octanol–water partition coefficient (Wildman–Crippen LogP) is 2.90. The molecule has 0 bridgehead atoms. The van der Waals surface area contributed by atoms with Crippen LogP contribution in [0.5, 0.6) is 5.75 Å². The Morgan fingerprint density at radius 3 is 2.64 bits per heavy atom. The second-order valence-electron chi connectivity index (χ2n) is 6.22. The molecule has 2 heterocycles. The van der Waals surface area contributed by atoms with Crippen LogP contribution < -0.4 is 9.46 Å². The second-order valence-corrected chi connectivity index (χ2v) is 8.27. The summed E-state index contributed by atoms with van der Waals surface area (Å²) in [5, 5.41) is -0.290. The van der Waals surface area contributed by atoms with Gasteiger partial charge in [0, 0.05) is 18.3 Å². The zero-order chi connectivity index (χ0) is 17.7. The third-order valence-corrected chi connectivity index (χ3v) is 6.36. The minimum atomic E-state index is -3.33. The summed E-state index contributed by atoms with van der Waals surface area (Å²) in [6, 6.07) is 9.12. The van der Waals surface area contributed by atoms with E-state index in [0.717, 1.165) is 37.8 Å². The number of ether oxygens (including phenoxy) is 1. The molecular weight excluding hydrogens is 338 g/mol. The molecule has 0 radical (unpaired) electrons. The van der Waals surface area contributed by atoms with Crippen molar-refractivity contribution in [3.63, 3.8) is 0 Å². The number of hydrogen-bond acceptors (Lipinski definition) is 5. The van der Waals surface area contributed by atoms with E-state index < -0.39 is 10.0 Å². The first kappa shape index (κ1) is 17.8. The van der Waals surface area contributed by atoms with Crippen LogP contribution in [0.25, 0.3) is 11.4 Å². The van der Waals surface area contributed by atoms with Gasteiger partial charge in [-0.2, -0.15) is 0 Å². The molecule has 0 atom stereocenters. The van der Waals surface area contributed by atoms with Crippen LogP contribution in [0.4, 0.5) is 0 Å². The van der Waals surface area contributed by atoms with Gasteiger partial charge in [-0.3, -0.25) is 4.98 Å². The van der Waals surface area contributed by atoms with Crippen molar-refractivity contribution in [3.05, 3.63) is 42.2 Å². The van der Waals surface area contributed by atoms with Gasteiger partial charge in [0.15, 0.2) is 0 Å². The molecule has 25 heavy (non-hydrogen) atoms. The summed E-state index contributed by atoms with van der Waals surface area (Å²) in [5.41, 5.74) is 1.99. The summed E-state index contributed by atoms with van der Waals surface area (Å²) in [4.78, 5) is 8.82. The predicted molar refractivity (Wildman–Crippen MR) is 96.7 cm³/mol. The highest BCUT2D eigenvalue weighted by Crippen LogP contribution is 2.24. The topological polar surface area (TPSA) is 81.2 Å². The first-order valence-electron chi connectivity index (χ1n) is 8.53. The van der Waals surface area contributed by atoms with Crippen molar-refractivity contribution in [2.75, 3.05) is 7.11 Å². The van der Waals surface area contributed by atoms with Crippen LogP contribution in [0.1, 0.15) is 37.8 Å². The molecule has 0 spiro atoms. The molecule has 1 aliphatic rings. The average molecular weight is 361 g/mol. The van der Waals surface area contributed by atoms with Gasteiger partial charge in [0.1, 0.15) is 5.75 Å². The van der Waals surface area contributed by atoms with Crippen molar-refractivity contribution in [2.24, 2.45) is 0 Å². The summed E-state index contributed by atoms with van der Waals surface area (Å²) in [6.45, 7) is 0.149. The molecule has 0 aromatic carbocycles. The van der Waals surface area contributed by atoms with Crippen molar-refractivity contribution in [2.45, 2.75) is 43.9 Å². The van der Waals surface area contributed by atoms with E-state index in [4.69, 9.17) is 4.74 Å². The van der Waals surface area contributed by atoms with Crippen LogP contribution in [-0.2, 0) is 16.6 Å². The molecular formula is C18H23N3O3S. The van der Waals surface area contributed by atoms with Gasteiger partial charge < -0.3 is 4.74 Å². The zero-order valence-corrected chi connectivity index (χ0v) is 15.1. The number of methoxy groups -OCH3 is 1. The van der Waals surface area contributed by atoms with Crippen molar-refractivity contribution < 1.29 is 13.2 Å². The maximum atomic E-state index is 12.5. The van der Waals surface area contributed by atoms with Crippen molar-refractivity contribution >= 4 is 10.0 Å². The van der Waals surface area contributed by atoms with Gasteiger partial charge in [-0.1, -0.05) is 25.3 Å². The lowest BCUT2D eigenvalue weighted by Crippen LogP contribution is -2.35. The van der Waals surface area contributed by atoms with Gasteiger partial charge in [0.25, 0.3) is 0 Å². The third kappa shape index (κ3) is 4.55. The van der Waals surface area contributed by atoms with Gasteiger partial charge in [0.2, 0.25) is 10.0 Å². The van der Waals surface area contributed by atoms with E-state index in [9.17, 15) is 8.42 Å². The van der Waals surface area contributed by atoms with E-state index in [0.29, 0.717) is 17.1 Å². The highest BCUT2D eigenvalue weighted by atomic mass is 32.2. The highest BCUT2D eigenvalue weighted by molar-refractivity contribution is 7.90. The fourth-order valence-corrected chi connectivity index (χ4v) is 4.62. The number of aromatic nitrogens is 2. The fraction of sp³-hybridized carbons (Fsp3) is 0.444. The average Bonchev–Trinajstić information content (AvgIpc) is 2.67. The smallest absolute Gasteiger partial charge is 0.214 e. The van der Waals surface area contributed by atoms with Crippen LogP contribution >= 0.6 is 0 Å². The summed E-state index contributed by atoms with van der Waals surface area (Å²) in [5.74, 6) is 0.627. The lowest BCUT2D eigenvalue weighted by molar-refractivity contribution is 0.413. The SMILES string of the molecule is COc1cc(CNS(=O)(=O)C2CCCCC2)nc(-c2ccccn2)c1. The zero-order valence-electron chi connectivity index (χ0n) is 14.3. The van der Waals surface area contributed by atoms with Gasteiger partial charge in [-0.15, -0.1) is 0 Å². The van der Waals surface area contributed by atoms with Crippen LogP contribution in [0, 0.1) is 0 Å². The Morgan fingerprint density at radius 2 is 1.96 bits per heavy atom. The Kier molecular flexibility index (Phi) is 5.65. The van der Waals surface area contributed by atoms with Crippen molar-refractivity contribution in [3.8, 4) is 17.1 Å². The van der Waals surface area contributed by atoms with Crippen molar-refractivity contribution in [1.29, 1.82) is 0 Å². The Morgan fingerprint density at radius 1 is 1.16 bits per heavy atom. The van der Waals surface area contributed by atoms with Crippen LogP contribution in [0.15, 0.2) is 36.5 Å². The lowest BCUT2D eigenvalue weighted by Gasteiger charge is -2.22. The molecule has 134 valence electrons. The molecule has 7 heteroatoms. The van der Waals surface area contributed by atoms with E-state index in [1.54, 1.807) is 25.4 Å². The summed E-state index contributed by atoms with van der Waals surface area (Å²) < 4.78 is 33.0. The van der Waals surface area contributed by atoms with Crippen molar-refractivity contribution in [1.82, 2.24) is 14.7 Å². The molecule has 3 rings (SSSR count). The lowest BCUT2D eigenvalue weighted by atomic mass is 10.0. The second kappa shape index (κ2) is 7.93. The van der Waals surface area contributed by atoms with Crippen LogP contribution in [0.3, 0.4) is 0 Å². The Labute approximate surface area is 148 Å². The Hall–Kier alpha value is -1.99. The van der Waals surface area contributed by atoms with E-state index in [2.05, 4.69) is 14.7 Å². The number of sulfonamides is 1. The molecule has 2 aromatic heterocycles. The van der Waals surface area contributed by atoms with Gasteiger partial charge in [0.05, 0.1) is 36.0 Å². The number of nitrogens with one attached hydrogen (secondary N) is 1. The molecule has 0 aliphatic heterocycles. The molecule has 1 aliphatic carbocycles. The highest BCUT2D eigenvalue weighted by Gasteiger charge is 2.26. The van der Waals surface area contributed by atoms with E-state index in [1.165, 1.54) is 0 Å². The molecule has 1 fully saturated rings. The monoisotopic (exact) mass is 361 g/mol. The standard InChI is InChI=1S/C18H23N3O3S/c1-24-15-11-14(21-18(12-15)17-9-5-6-10-19-17)13-20-25(22,23)16-7-3-2-4-8-16/h5-6,9-12,16,20H,2-4,7-8,13H2,1H3.